The second-order valence-corrected chi connectivity index (χ2v) is 6.28. The minimum atomic E-state index is -4.55. The molecule has 0 radical (unpaired) electrons. The molecule has 25 heavy (non-hydrogen) atoms. The smallest absolute Gasteiger partial charge is 0.333 e. The lowest BCUT2D eigenvalue weighted by Gasteiger charge is -2.28. The van der Waals surface area contributed by atoms with Gasteiger partial charge in [0, 0.05) is 12.5 Å². The molecular weight excluding hydrogens is 333 g/mol. The Morgan fingerprint density at radius 2 is 1.80 bits per heavy atom. The van der Waals surface area contributed by atoms with E-state index in [0.29, 0.717) is 6.54 Å². The van der Waals surface area contributed by atoms with Crippen LogP contribution in [0.4, 0.5) is 18.9 Å². The van der Waals surface area contributed by atoms with Crippen LogP contribution in [0.2, 0.25) is 0 Å². The number of halogens is 3. The van der Waals surface area contributed by atoms with Crippen molar-refractivity contribution in [1.82, 2.24) is 4.90 Å². The number of alkyl halides is 3. The quantitative estimate of drug-likeness (QED) is 0.864. The molecule has 2 amide bonds. The number of para-hydroxylation sites is 1. The maximum Gasteiger partial charge on any atom is 0.418 e. The Labute approximate surface area is 145 Å². The monoisotopic (exact) mass is 356 g/mol. The predicted octanol–water partition coefficient (Wildman–Crippen LogP) is 4.07. The number of nitrogens with one attached hydrogen (secondary N) is 1. The molecule has 0 heterocycles. The number of anilines is 1. The van der Waals surface area contributed by atoms with E-state index in [1.54, 1.807) is 6.92 Å². The van der Waals surface area contributed by atoms with Gasteiger partial charge in [0.15, 0.2) is 0 Å². The minimum absolute atomic E-state index is 0.0797. The number of hydrogen-bond donors (Lipinski definition) is 1. The number of nitrogens with zero attached hydrogens (tertiary/aromatic N) is 1. The molecule has 138 valence electrons. The fraction of sp³-hybridized carbons (Fsp3) is 0.556. The van der Waals surface area contributed by atoms with Crippen molar-refractivity contribution < 1.29 is 22.8 Å². The highest BCUT2D eigenvalue weighted by atomic mass is 19.4. The zero-order chi connectivity index (χ0) is 18.4. The summed E-state index contributed by atoms with van der Waals surface area (Å²) in [5.41, 5.74) is -1.19. The number of carbonyl (C=O) groups is 2. The predicted molar refractivity (Wildman–Crippen MR) is 88.9 cm³/mol. The van der Waals surface area contributed by atoms with Crippen molar-refractivity contribution in [2.75, 3.05) is 18.4 Å². The third-order valence-electron chi connectivity index (χ3n) is 4.49. The molecule has 4 nitrogen and oxygen atoms in total. The Bertz CT molecular complexity index is 611. The van der Waals surface area contributed by atoms with E-state index in [-0.39, 0.29) is 24.1 Å². The second kappa shape index (κ2) is 8.36. The first-order chi connectivity index (χ1) is 11.8. The second-order valence-electron chi connectivity index (χ2n) is 6.28. The van der Waals surface area contributed by atoms with Gasteiger partial charge in [0.05, 0.1) is 17.8 Å². The van der Waals surface area contributed by atoms with Gasteiger partial charge >= 0.3 is 6.18 Å². The summed E-state index contributed by atoms with van der Waals surface area (Å²) in [7, 11) is 0. The van der Waals surface area contributed by atoms with Gasteiger partial charge in [-0.15, -0.1) is 0 Å². The van der Waals surface area contributed by atoms with Crippen LogP contribution in [0.3, 0.4) is 0 Å². The molecule has 0 bridgehead atoms. The van der Waals surface area contributed by atoms with E-state index in [0.717, 1.165) is 38.2 Å². The van der Waals surface area contributed by atoms with Gasteiger partial charge < -0.3 is 10.2 Å². The normalized spacial score (nSPS) is 15.7. The zero-order valence-electron chi connectivity index (χ0n) is 14.2. The van der Waals surface area contributed by atoms with Crippen molar-refractivity contribution in [2.24, 2.45) is 5.92 Å². The van der Waals surface area contributed by atoms with Gasteiger partial charge in [-0.1, -0.05) is 31.4 Å². The molecular formula is C18H23F3N2O2. The molecule has 1 saturated carbocycles. The van der Waals surface area contributed by atoms with Crippen LogP contribution in [0.5, 0.6) is 0 Å². The van der Waals surface area contributed by atoms with Crippen molar-refractivity contribution in [3.05, 3.63) is 29.8 Å². The van der Waals surface area contributed by atoms with Crippen LogP contribution in [0.15, 0.2) is 24.3 Å². The lowest BCUT2D eigenvalue weighted by atomic mass is 9.88. The molecule has 1 fully saturated rings. The Morgan fingerprint density at radius 1 is 1.16 bits per heavy atom. The van der Waals surface area contributed by atoms with E-state index in [9.17, 15) is 22.8 Å². The molecule has 1 aliphatic rings. The summed E-state index contributed by atoms with van der Waals surface area (Å²) in [6.07, 6.45) is 0.191. The van der Waals surface area contributed by atoms with Crippen molar-refractivity contribution >= 4 is 17.5 Å². The van der Waals surface area contributed by atoms with E-state index >= 15 is 0 Å². The highest BCUT2D eigenvalue weighted by molar-refractivity contribution is 5.95. The topological polar surface area (TPSA) is 49.4 Å². The number of benzene rings is 1. The van der Waals surface area contributed by atoms with Gasteiger partial charge in [0.1, 0.15) is 0 Å². The molecule has 0 unspecified atom stereocenters. The summed E-state index contributed by atoms with van der Waals surface area (Å²) in [5, 5.41) is 2.29. The van der Waals surface area contributed by atoms with Crippen LogP contribution in [0.1, 0.15) is 44.6 Å². The van der Waals surface area contributed by atoms with Crippen molar-refractivity contribution in [3.63, 3.8) is 0 Å². The van der Waals surface area contributed by atoms with E-state index in [1.807, 2.05) is 0 Å². The third-order valence-corrected chi connectivity index (χ3v) is 4.49. The van der Waals surface area contributed by atoms with Gasteiger partial charge in [-0.05, 0) is 31.9 Å². The fourth-order valence-electron chi connectivity index (χ4n) is 3.16. The largest absolute Gasteiger partial charge is 0.418 e. The molecule has 0 aliphatic heterocycles. The third kappa shape index (κ3) is 5.21. The Balaban J connectivity index is 2.02. The Morgan fingerprint density at radius 3 is 2.40 bits per heavy atom. The first-order valence-corrected chi connectivity index (χ1v) is 8.57. The lowest BCUT2D eigenvalue weighted by Crippen LogP contribution is -2.41. The summed E-state index contributed by atoms with van der Waals surface area (Å²) in [6, 6.07) is 4.82. The number of carbonyl (C=O) groups excluding carboxylic acids is 2. The minimum Gasteiger partial charge on any atom is -0.333 e. The van der Waals surface area contributed by atoms with Crippen molar-refractivity contribution in [2.45, 2.75) is 45.2 Å². The molecule has 1 aromatic rings. The lowest BCUT2D eigenvalue weighted by molar-refractivity contribution is -0.139. The average molecular weight is 356 g/mol. The van der Waals surface area contributed by atoms with Gasteiger partial charge in [0.2, 0.25) is 11.8 Å². The standard InChI is InChI=1S/C18H23F3N2O2/c1-2-23(17(25)13-8-4-3-5-9-13)12-16(24)22-15-11-7-6-10-14(15)18(19,20)21/h6-7,10-11,13H,2-5,8-9,12H2,1H3,(H,22,24). The van der Waals surface area contributed by atoms with Crippen LogP contribution in [-0.4, -0.2) is 29.8 Å². The van der Waals surface area contributed by atoms with Crippen LogP contribution >= 0.6 is 0 Å². The van der Waals surface area contributed by atoms with Gasteiger partial charge in [-0.3, -0.25) is 9.59 Å². The van der Waals surface area contributed by atoms with E-state index < -0.39 is 17.6 Å². The van der Waals surface area contributed by atoms with Gasteiger partial charge in [-0.25, -0.2) is 0 Å². The molecule has 0 spiro atoms. The number of amides is 2. The van der Waals surface area contributed by atoms with E-state index in [2.05, 4.69) is 5.32 Å². The van der Waals surface area contributed by atoms with E-state index in [4.69, 9.17) is 0 Å². The summed E-state index contributed by atoms with van der Waals surface area (Å²) < 4.78 is 38.9. The summed E-state index contributed by atoms with van der Waals surface area (Å²) in [6.45, 7) is 1.87. The first-order valence-electron chi connectivity index (χ1n) is 8.57. The first kappa shape index (κ1) is 19.3. The van der Waals surface area contributed by atoms with Crippen LogP contribution in [0, 0.1) is 5.92 Å². The molecule has 0 atom stereocenters. The van der Waals surface area contributed by atoms with Gasteiger partial charge in [0.25, 0.3) is 0 Å². The maximum absolute atomic E-state index is 13.0. The molecule has 0 saturated heterocycles. The van der Waals surface area contributed by atoms with Crippen LogP contribution in [-0.2, 0) is 15.8 Å². The fourth-order valence-corrected chi connectivity index (χ4v) is 3.16. The molecule has 2 rings (SSSR count). The molecule has 1 N–H and O–H groups in total. The summed E-state index contributed by atoms with van der Waals surface area (Å²) in [4.78, 5) is 26.1. The number of likely N-dealkylation sites (N-methyl/N-ethyl adjacent to an activating group) is 1. The highest BCUT2D eigenvalue weighted by Crippen LogP contribution is 2.34. The molecule has 1 aliphatic carbocycles. The number of hydrogen-bond acceptors (Lipinski definition) is 2. The van der Waals surface area contributed by atoms with Crippen LogP contribution in [0.25, 0.3) is 0 Å². The van der Waals surface area contributed by atoms with Crippen molar-refractivity contribution in [1.29, 1.82) is 0 Å². The van der Waals surface area contributed by atoms with E-state index in [1.165, 1.54) is 23.1 Å². The Kier molecular flexibility index (Phi) is 6.45. The highest BCUT2D eigenvalue weighted by Gasteiger charge is 2.34. The SMILES string of the molecule is CCN(CC(=O)Nc1ccccc1C(F)(F)F)C(=O)C1CCCCC1. The molecule has 1 aromatic carbocycles. The maximum atomic E-state index is 13.0. The number of rotatable bonds is 5. The molecule has 7 heteroatoms. The van der Waals surface area contributed by atoms with Crippen molar-refractivity contribution in [3.8, 4) is 0 Å². The zero-order valence-corrected chi connectivity index (χ0v) is 14.2. The van der Waals surface area contributed by atoms with Crippen LogP contribution < -0.4 is 5.32 Å². The van der Waals surface area contributed by atoms with Gasteiger partial charge in [-0.2, -0.15) is 13.2 Å². The Hall–Kier alpha value is -2.05. The summed E-state index contributed by atoms with van der Waals surface area (Å²) in [5.74, 6) is -0.784. The molecule has 0 aromatic heterocycles. The summed E-state index contributed by atoms with van der Waals surface area (Å²) >= 11 is 0. The average Bonchev–Trinajstić information content (AvgIpc) is 2.59.